The highest BCUT2D eigenvalue weighted by atomic mass is 16.4. The third kappa shape index (κ3) is 2.84. The molecule has 2 aromatic rings. The first-order chi connectivity index (χ1) is 9.54. The van der Waals surface area contributed by atoms with Crippen LogP contribution in [0, 0.1) is 0 Å². The zero-order valence-electron chi connectivity index (χ0n) is 11.7. The molecule has 20 heavy (non-hydrogen) atoms. The summed E-state index contributed by atoms with van der Waals surface area (Å²) in [4.78, 5) is 13.4. The van der Waals surface area contributed by atoms with Gasteiger partial charge in [0, 0.05) is 30.1 Å². The van der Waals surface area contributed by atoms with Crippen LogP contribution in [0.3, 0.4) is 0 Å². The van der Waals surface area contributed by atoms with E-state index in [1.165, 1.54) is 0 Å². The Morgan fingerprint density at radius 3 is 2.65 bits per heavy atom. The first-order valence-corrected chi connectivity index (χ1v) is 6.63. The molecule has 0 unspecified atom stereocenters. The number of nitrogens with zero attached hydrogens (tertiary/aromatic N) is 1. The smallest absolute Gasteiger partial charge is 0.372 e. The minimum absolute atomic E-state index is 0.0187. The summed E-state index contributed by atoms with van der Waals surface area (Å²) in [5.41, 5.74) is 1.24. The van der Waals surface area contributed by atoms with Crippen molar-refractivity contribution in [3.63, 3.8) is 0 Å². The summed E-state index contributed by atoms with van der Waals surface area (Å²) in [6.07, 6.45) is 0. The van der Waals surface area contributed by atoms with Gasteiger partial charge in [-0.15, -0.1) is 0 Å². The SMILES string of the molecule is CC(C)N(CCO)Cc1c(C(=O)O)oc2ccccc12. The van der Waals surface area contributed by atoms with E-state index in [-0.39, 0.29) is 18.4 Å². The number of hydrogen-bond donors (Lipinski definition) is 2. The fraction of sp³-hybridized carbons (Fsp3) is 0.400. The quantitative estimate of drug-likeness (QED) is 0.847. The Labute approximate surface area is 117 Å². The monoisotopic (exact) mass is 277 g/mol. The van der Waals surface area contributed by atoms with Gasteiger partial charge in [-0.25, -0.2) is 4.79 Å². The van der Waals surface area contributed by atoms with Gasteiger partial charge in [0.25, 0.3) is 0 Å². The molecule has 2 N–H and O–H groups in total. The van der Waals surface area contributed by atoms with Gasteiger partial charge in [0.2, 0.25) is 5.76 Å². The second kappa shape index (κ2) is 6.07. The molecule has 0 fully saturated rings. The van der Waals surface area contributed by atoms with E-state index in [1.54, 1.807) is 6.07 Å². The lowest BCUT2D eigenvalue weighted by atomic mass is 10.1. The Kier molecular flexibility index (Phi) is 4.42. The molecule has 2 rings (SSSR count). The number of aromatic carboxylic acids is 1. The molecule has 0 atom stereocenters. The minimum Gasteiger partial charge on any atom is -0.475 e. The van der Waals surface area contributed by atoms with Crippen LogP contribution in [-0.4, -0.2) is 40.3 Å². The molecule has 0 bridgehead atoms. The molecule has 1 heterocycles. The highest BCUT2D eigenvalue weighted by Gasteiger charge is 2.22. The molecule has 5 heteroatoms. The molecule has 0 aliphatic carbocycles. The standard InChI is InChI=1S/C15H19NO4/c1-10(2)16(7-8-17)9-12-11-5-3-4-6-13(11)20-14(12)15(18)19/h3-6,10,17H,7-9H2,1-2H3,(H,18,19). The van der Waals surface area contributed by atoms with Crippen molar-refractivity contribution < 1.29 is 19.4 Å². The topological polar surface area (TPSA) is 73.9 Å². The van der Waals surface area contributed by atoms with Crippen molar-refractivity contribution in [3.8, 4) is 0 Å². The zero-order chi connectivity index (χ0) is 14.7. The van der Waals surface area contributed by atoms with E-state index in [9.17, 15) is 9.90 Å². The maximum atomic E-state index is 11.3. The summed E-state index contributed by atoms with van der Waals surface area (Å²) in [5, 5.41) is 19.2. The van der Waals surface area contributed by atoms with E-state index in [0.717, 1.165) is 5.39 Å². The normalized spacial score (nSPS) is 11.7. The van der Waals surface area contributed by atoms with Crippen LogP contribution in [-0.2, 0) is 6.54 Å². The molecule has 108 valence electrons. The van der Waals surface area contributed by atoms with Crippen molar-refractivity contribution in [2.24, 2.45) is 0 Å². The summed E-state index contributed by atoms with van der Waals surface area (Å²) in [7, 11) is 0. The Morgan fingerprint density at radius 2 is 2.05 bits per heavy atom. The van der Waals surface area contributed by atoms with E-state index in [1.807, 2.05) is 36.9 Å². The van der Waals surface area contributed by atoms with Gasteiger partial charge in [0.1, 0.15) is 5.58 Å². The van der Waals surface area contributed by atoms with Crippen LogP contribution in [0.25, 0.3) is 11.0 Å². The van der Waals surface area contributed by atoms with Gasteiger partial charge < -0.3 is 14.6 Å². The van der Waals surface area contributed by atoms with E-state index in [4.69, 9.17) is 9.52 Å². The predicted molar refractivity (Wildman–Crippen MR) is 75.8 cm³/mol. The second-order valence-corrected chi connectivity index (χ2v) is 5.00. The average Bonchev–Trinajstić information content (AvgIpc) is 2.77. The van der Waals surface area contributed by atoms with Gasteiger partial charge in [0.15, 0.2) is 0 Å². The number of rotatable bonds is 6. The fourth-order valence-electron chi connectivity index (χ4n) is 2.28. The van der Waals surface area contributed by atoms with Crippen LogP contribution >= 0.6 is 0 Å². The van der Waals surface area contributed by atoms with Crippen molar-refractivity contribution in [3.05, 3.63) is 35.6 Å². The van der Waals surface area contributed by atoms with Crippen LogP contribution < -0.4 is 0 Å². The van der Waals surface area contributed by atoms with Gasteiger partial charge in [-0.2, -0.15) is 0 Å². The Bertz CT molecular complexity index is 603. The lowest BCUT2D eigenvalue weighted by Gasteiger charge is -2.25. The number of benzene rings is 1. The third-order valence-electron chi connectivity index (χ3n) is 3.37. The molecule has 0 aliphatic heterocycles. The van der Waals surface area contributed by atoms with E-state index in [2.05, 4.69) is 0 Å². The van der Waals surface area contributed by atoms with E-state index < -0.39 is 5.97 Å². The Hall–Kier alpha value is -1.85. The maximum absolute atomic E-state index is 11.3. The fourth-order valence-corrected chi connectivity index (χ4v) is 2.28. The number of fused-ring (bicyclic) bond motifs is 1. The lowest BCUT2D eigenvalue weighted by Crippen LogP contribution is -2.33. The maximum Gasteiger partial charge on any atom is 0.372 e. The number of carbonyl (C=O) groups is 1. The van der Waals surface area contributed by atoms with Gasteiger partial charge in [-0.3, -0.25) is 4.90 Å². The van der Waals surface area contributed by atoms with Gasteiger partial charge in [0.05, 0.1) is 6.61 Å². The largest absolute Gasteiger partial charge is 0.475 e. The van der Waals surface area contributed by atoms with Gasteiger partial charge in [-0.1, -0.05) is 18.2 Å². The van der Waals surface area contributed by atoms with Crippen molar-refractivity contribution in [2.45, 2.75) is 26.4 Å². The first-order valence-electron chi connectivity index (χ1n) is 6.63. The number of carboxylic acids is 1. The minimum atomic E-state index is -1.07. The van der Waals surface area contributed by atoms with E-state index >= 15 is 0 Å². The summed E-state index contributed by atoms with van der Waals surface area (Å²) in [6, 6.07) is 7.50. The second-order valence-electron chi connectivity index (χ2n) is 5.00. The number of hydrogen-bond acceptors (Lipinski definition) is 4. The molecule has 0 radical (unpaired) electrons. The molecule has 1 aromatic carbocycles. The van der Waals surface area contributed by atoms with Gasteiger partial charge in [-0.05, 0) is 19.9 Å². The van der Waals surface area contributed by atoms with Crippen LogP contribution in [0.15, 0.2) is 28.7 Å². The van der Waals surface area contributed by atoms with Crippen LogP contribution in [0.4, 0.5) is 0 Å². The summed E-state index contributed by atoms with van der Waals surface area (Å²) >= 11 is 0. The zero-order valence-corrected chi connectivity index (χ0v) is 11.7. The molecule has 1 aromatic heterocycles. The molecule has 0 saturated carbocycles. The number of aliphatic hydroxyl groups excluding tert-OH is 1. The summed E-state index contributed by atoms with van der Waals surface area (Å²) in [5.74, 6) is -1.08. The molecule has 0 spiro atoms. The number of para-hydroxylation sites is 1. The van der Waals surface area contributed by atoms with Gasteiger partial charge >= 0.3 is 5.97 Å². The third-order valence-corrected chi connectivity index (χ3v) is 3.37. The van der Waals surface area contributed by atoms with Crippen molar-refractivity contribution in [1.29, 1.82) is 0 Å². The summed E-state index contributed by atoms with van der Waals surface area (Å²) in [6.45, 7) is 5.00. The lowest BCUT2D eigenvalue weighted by molar-refractivity contribution is 0.0660. The molecule has 0 amide bonds. The van der Waals surface area contributed by atoms with Crippen LogP contribution in [0.5, 0.6) is 0 Å². The summed E-state index contributed by atoms with van der Waals surface area (Å²) < 4.78 is 5.43. The molecule has 5 nitrogen and oxygen atoms in total. The predicted octanol–water partition coefficient (Wildman–Crippen LogP) is 2.33. The number of carboxylic acid groups (broad SMARTS) is 1. The Balaban J connectivity index is 2.45. The highest BCUT2D eigenvalue weighted by molar-refractivity contribution is 5.95. The Morgan fingerprint density at radius 1 is 1.35 bits per heavy atom. The average molecular weight is 277 g/mol. The number of aliphatic hydroxyl groups is 1. The van der Waals surface area contributed by atoms with Crippen molar-refractivity contribution in [2.75, 3.05) is 13.2 Å². The van der Waals surface area contributed by atoms with E-state index in [0.29, 0.717) is 24.2 Å². The van der Waals surface area contributed by atoms with Crippen molar-refractivity contribution in [1.82, 2.24) is 4.90 Å². The van der Waals surface area contributed by atoms with Crippen molar-refractivity contribution >= 4 is 16.9 Å². The molecule has 0 saturated heterocycles. The molecular weight excluding hydrogens is 258 g/mol. The molecular formula is C15H19NO4. The number of furan rings is 1. The highest BCUT2D eigenvalue weighted by Crippen LogP contribution is 2.27. The van der Waals surface area contributed by atoms with Crippen LogP contribution in [0.1, 0.15) is 30.0 Å². The molecule has 0 aliphatic rings. The van der Waals surface area contributed by atoms with Crippen LogP contribution in [0.2, 0.25) is 0 Å². The first kappa shape index (κ1) is 14.6.